The van der Waals surface area contributed by atoms with Gasteiger partial charge in [0.25, 0.3) is 0 Å². The van der Waals surface area contributed by atoms with Crippen molar-refractivity contribution in [1.29, 1.82) is 0 Å². The van der Waals surface area contributed by atoms with Gasteiger partial charge in [-0.1, -0.05) is 25.1 Å². The second-order valence-electron chi connectivity index (χ2n) is 8.10. The molecule has 0 N–H and O–H groups in total. The molecule has 1 aromatic heterocycles. The minimum absolute atomic E-state index is 0.141. The van der Waals surface area contributed by atoms with Crippen molar-refractivity contribution in [2.45, 2.75) is 32.7 Å². The van der Waals surface area contributed by atoms with Gasteiger partial charge in [0.05, 0.1) is 0 Å². The number of hydrogen-bond donors (Lipinski definition) is 0. The first-order chi connectivity index (χ1) is 14.2. The molecular weight excluding hydrogens is 367 g/mol. The Balaban J connectivity index is 1.30. The summed E-state index contributed by atoms with van der Waals surface area (Å²) in [5.41, 5.74) is 3.95. The number of hydrogen-bond acceptors (Lipinski definition) is 5. The van der Waals surface area contributed by atoms with E-state index in [9.17, 15) is 4.39 Å². The standard InChI is InChI=1S/C23H29FN4O/c1-2-27(15-19-8-9-22-23(14-19)26-29-25-22)16-20-6-4-11-28(17-20)12-10-18-5-3-7-21(24)13-18/h3,5,7-9,13-14,20H,2,4,6,10-12,15-17H2,1H3/t20-/m1/s1. The van der Waals surface area contributed by atoms with Crippen LogP contribution in [-0.4, -0.2) is 52.8 Å². The van der Waals surface area contributed by atoms with Crippen LogP contribution in [-0.2, 0) is 13.0 Å². The van der Waals surface area contributed by atoms with Crippen LogP contribution in [0.1, 0.15) is 30.9 Å². The van der Waals surface area contributed by atoms with Crippen LogP contribution < -0.4 is 0 Å². The Morgan fingerprint density at radius 2 is 2.03 bits per heavy atom. The molecule has 1 atom stereocenters. The van der Waals surface area contributed by atoms with Gasteiger partial charge in [-0.3, -0.25) is 4.90 Å². The lowest BCUT2D eigenvalue weighted by atomic mass is 9.96. The number of aromatic nitrogens is 2. The Hall–Kier alpha value is -2.31. The van der Waals surface area contributed by atoms with E-state index in [1.54, 1.807) is 12.1 Å². The summed E-state index contributed by atoms with van der Waals surface area (Å²) >= 11 is 0. The third kappa shape index (κ3) is 5.40. The largest absolute Gasteiger partial charge is 0.303 e. The SMILES string of the molecule is CCN(Cc1ccc2nonc2c1)C[C@H]1CCCN(CCc2cccc(F)c2)C1. The number of nitrogens with zero attached hydrogens (tertiary/aromatic N) is 4. The first kappa shape index (κ1) is 20.0. The summed E-state index contributed by atoms with van der Waals surface area (Å²) in [6, 6.07) is 13.1. The van der Waals surface area contributed by atoms with Gasteiger partial charge in [-0.15, -0.1) is 0 Å². The summed E-state index contributed by atoms with van der Waals surface area (Å²) in [4.78, 5) is 5.05. The van der Waals surface area contributed by atoms with E-state index in [4.69, 9.17) is 4.63 Å². The third-order valence-corrected chi connectivity index (χ3v) is 5.90. The van der Waals surface area contributed by atoms with Crippen molar-refractivity contribution in [3.63, 3.8) is 0 Å². The molecule has 1 aliphatic rings. The van der Waals surface area contributed by atoms with Crippen molar-refractivity contribution in [3.8, 4) is 0 Å². The quantitative estimate of drug-likeness (QED) is 0.573. The number of rotatable bonds is 8. The molecule has 0 aliphatic carbocycles. The molecular formula is C23H29FN4O. The van der Waals surface area contributed by atoms with Crippen LogP contribution in [0, 0.1) is 11.7 Å². The molecule has 154 valence electrons. The molecule has 2 heterocycles. The van der Waals surface area contributed by atoms with Crippen LogP contribution in [0.2, 0.25) is 0 Å². The van der Waals surface area contributed by atoms with Gasteiger partial charge in [0.1, 0.15) is 16.9 Å². The maximum Gasteiger partial charge on any atom is 0.135 e. The zero-order valence-corrected chi connectivity index (χ0v) is 17.1. The average molecular weight is 397 g/mol. The molecule has 1 aliphatic heterocycles. The van der Waals surface area contributed by atoms with Crippen LogP contribution in [0.3, 0.4) is 0 Å². The van der Waals surface area contributed by atoms with Gasteiger partial charge >= 0.3 is 0 Å². The van der Waals surface area contributed by atoms with Gasteiger partial charge < -0.3 is 4.90 Å². The van der Waals surface area contributed by atoms with Crippen molar-refractivity contribution < 1.29 is 9.02 Å². The highest BCUT2D eigenvalue weighted by Crippen LogP contribution is 2.20. The first-order valence-electron chi connectivity index (χ1n) is 10.6. The maximum absolute atomic E-state index is 13.4. The van der Waals surface area contributed by atoms with Crippen LogP contribution in [0.4, 0.5) is 4.39 Å². The summed E-state index contributed by atoms with van der Waals surface area (Å²) < 4.78 is 18.2. The number of piperidine rings is 1. The smallest absolute Gasteiger partial charge is 0.135 e. The van der Waals surface area contributed by atoms with E-state index in [1.807, 2.05) is 12.1 Å². The zero-order valence-electron chi connectivity index (χ0n) is 17.1. The summed E-state index contributed by atoms with van der Waals surface area (Å²) in [7, 11) is 0. The molecule has 1 saturated heterocycles. The first-order valence-corrected chi connectivity index (χ1v) is 10.6. The molecule has 5 nitrogen and oxygen atoms in total. The highest BCUT2D eigenvalue weighted by Gasteiger charge is 2.22. The maximum atomic E-state index is 13.4. The van der Waals surface area contributed by atoms with Crippen LogP contribution in [0.25, 0.3) is 11.0 Å². The van der Waals surface area contributed by atoms with E-state index in [2.05, 4.69) is 39.2 Å². The second-order valence-corrected chi connectivity index (χ2v) is 8.10. The van der Waals surface area contributed by atoms with E-state index >= 15 is 0 Å². The van der Waals surface area contributed by atoms with E-state index in [0.29, 0.717) is 5.92 Å². The van der Waals surface area contributed by atoms with Crippen molar-refractivity contribution in [3.05, 3.63) is 59.4 Å². The lowest BCUT2D eigenvalue weighted by molar-refractivity contribution is 0.133. The van der Waals surface area contributed by atoms with Crippen LogP contribution in [0.15, 0.2) is 47.1 Å². The van der Waals surface area contributed by atoms with Crippen molar-refractivity contribution in [2.75, 3.05) is 32.7 Å². The molecule has 0 saturated carbocycles. The molecule has 4 rings (SSSR count). The summed E-state index contributed by atoms with van der Waals surface area (Å²) in [6.45, 7) is 8.53. The van der Waals surface area contributed by atoms with Gasteiger partial charge in [-0.25, -0.2) is 9.02 Å². The molecule has 3 aromatic rings. The molecule has 29 heavy (non-hydrogen) atoms. The fourth-order valence-corrected chi connectivity index (χ4v) is 4.34. The molecule has 1 fully saturated rings. The molecule has 2 aromatic carbocycles. The Morgan fingerprint density at radius 1 is 1.14 bits per heavy atom. The second kappa shape index (κ2) is 9.46. The van der Waals surface area contributed by atoms with Crippen molar-refractivity contribution in [2.24, 2.45) is 5.92 Å². The lowest BCUT2D eigenvalue weighted by Crippen LogP contribution is -2.41. The minimum Gasteiger partial charge on any atom is -0.303 e. The fourth-order valence-electron chi connectivity index (χ4n) is 4.34. The predicted octanol–water partition coefficient (Wildman–Crippen LogP) is 4.14. The Morgan fingerprint density at radius 3 is 2.90 bits per heavy atom. The van der Waals surface area contributed by atoms with Gasteiger partial charge in [-0.2, -0.15) is 0 Å². The summed E-state index contributed by atoms with van der Waals surface area (Å²) in [5.74, 6) is 0.533. The van der Waals surface area contributed by atoms with Crippen LogP contribution in [0.5, 0.6) is 0 Å². The van der Waals surface area contributed by atoms with E-state index < -0.39 is 0 Å². The minimum atomic E-state index is -0.141. The van der Waals surface area contributed by atoms with Crippen molar-refractivity contribution >= 4 is 11.0 Å². The Labute approximate surface area is 171 Å². The molecule has 0 amide bonds. The van der Waals surface area contributed by atoms with Crippen LogP contribution >= 0.6 is 0 Å². The van der Waals surface area contributed by atoms with Crippen molar-refractivity contribution in [1.82, 2.24) is 20.1 Å². The topological polar surface area (TPSA) is 45.4 Å². The van der Waals surface area contributed by atoms with E-state index in [-0.39, 0.29) is 5.82 Å². The fraction of sp³-hybridized carbons (Fsp3) is 0.478. The Bertz CT molecular complexity index is 928. The van der Waals surface area contributed by atoms with Gasteiger partial charge in [-0.05, 0) is 84.0 Å². The molecule has 0 bridgehead atoms. The molecule has 0 radical (unpaired) electrons. The molecule has 0 unspecified atom stereocenters. The zero-order chi connectivity index (χ0) is 20.1. The van der Waals surface area contributed by atoms with E-state index in [1.165, 1.54) is 24.5 Å². The highest BCUT2D eigenvalue weighted by molar-refractivity contribution is 5.73. The monoisotopic (exact) mass is 396 g/mol. The molecule has 6 heteroatoms. The van der Waals surface area contributed by atoms with Gasteiger partial charge in [0.2, 0.25) is 0 Å². The molecule has 0 spiro atoms. The average Bonchev–Trinajstić information content (AvgIpc) is 3.20. The van der Waals surface area contributed by atoms with Gasteiger partial charge in [0.15, 0.2) is 0 Å². The highest BCUT2D eigenvalue weighted by atomic mass is 19.1. The Kier molecular flexibility index (Phi) is 6.52. The number of likely N-dealkylation sites (tertiary alicyclic amines) is 1. The van der Waals surface area contributed by atoms with E-state index in [0.717, 1.165) is 62.3 Å². The summed E-state index contributed by atoms with van der Waals surface area (Å²) in [6.07, 6.45) is 3.43. The predicted molar refractivity (Wildman–Crippen MR) is 112 cm³/mol. The normalized spacial score (nSPS) is 18.0. The third-order valence-electron chi connectivity index (χ3n) is 5.90. The summed E-state index contributed by atoms with van der Waals surface area (Å²) in [5, 5.41) is 7.83. The van der Waals surface area contributed by atoms with Gasteiger partial charge in [0, 0.05) is 26.2 Å². The lowest BCUT2D eigenvalue weighted by Gasteiger charge is -2.35. The number of fused-ring (bicyclic) bond motifs is 1. The number of benzene rings is 2. The number of halogens is 1.